The second-order valence-electron chi connectivity index (χ2n) is 5.08. The first-order valence-corrected chi connectivity index (χ1v) is 7.53. The molecule has 0 amide bonds. The maximum atomic E-state index is 12.2. The van der Waals surface area contributed by atoms with Crippen LogP contribution < -0.4 is 0 Å². The van der Waals surface area contributed by atoms with Crippen molar-refractivity contribution in [2.45, 2.75) is 46.1 Å². The molecular formula is C17H23NO2. The Morgan fingerprint density at radius 2 is 1.90 bits per heavy atom. The smallest absolute Gasteiger partial charge is 0.354 e. The summed E-state index contributed by atoms with van der Waals surface area (Å²) in [5.41, 5.74) is 1.79. The molecule has 0 radical (unpaired) electrons. The van der Waals surface area contributed by atoms with E-state index in [4.69, 9.17) is 4.74 Å². The van der Waals surface area contributed by atoms with Crippen LogP contribution in [0.25, 0.3) is 10.9 Å². The molecule has 2 aromatic rings. The van der Waals surface area contributed by atoms with Crippen molar-refractivity contribution in [3.8, 4) is 0 Å². The average molecular weight is 273 g/mol. The first-order valence-electron chi connectivity index (χ1n) is 7.53. The molecule has 1 aromatic carbocycles. The monoisotopic (exact) mass is 273 g/mol. The first kappa shape index (κ1) is 14.6. The van der Waals surface area contributed by atoms with Crippen LogP contribution >= 0.6 is 0 Å². The van der Waals surface area contributed by atoms with Gasteiger partial charge in [-0.05, 0) is 25.0 Å². The zero-order valence-electron chi connectivity index (χ0n) is 12.4. The van der Waals surface area contributed by atoms with Gasteiger partial charge in [0, 0.05) is 17.4 Å². The van der Waals surface area contributed by atoms with Crippen molar-refractivity contribution in [1.29, 1.82) is 0 Å². The summed E-state index contributed by atoms with van der Waals surface area (Å²) < 4.78 is 7.45. The highest BCUT2D eigenvalue weighted by atomic mass is 16.5. The van der Waals surface area contributed by atoms with Gasteiger partial charge in [0.2, 0.25) is 0 Å². The van der Waals surface area contributed by atoms with Crippen LogP contribution in [0, 0.1) is 0 Å². The van der Waals surface area contributed by atoms with E-state index >= 15 is 0 Å². The van der Waals surface area contributed by atoms with E-state index < -0.39 is 0 Å². The molecule has 0 fully saturated rings. The van der Waals surface area contributed by atoms with Crippen molar-refractivity contribution < 1.29 is 9.53 Å². The highest BCUT2D eigenvalue weighted by molar-refractivity contribution is 5.95. The van der Waals surface area contributed by atoms with E-state index in [1.54, 1.807) is 0 Å². The van der Waals surface area contributed by atoms with Gasteiger partial charge >= 0.3 is 5.97 Å². The van der Waals surface area contributed by atoms with E-state index in [9.17, 15) is 4.79 Å². The Kier molecular flexibility index (Phi) is 5.22. The van der Waals surface area contributed by atoms with Gasteiger partial charge in [-0.1, -0.05) is 44.9 Å². The molecule has 1 heterocycles. The predicted molar refractivity (Wildman–Crippen MR) is 82.0 cm³/mol. The number of aromatic nitrogens is 1. The van der Waals surface area contributed by atoms with Crippen molar-refractivity contribution in [2.24, 2.45) is 0 Å². The number of aryl methyl sites for hydroxylation is 1. The van der Waals surface area contributed by atoms with Gasteiger partial charge in [-0.2, -0.15) is 0 Å². The molecule has 0 aliphatic heterocycles. The molecular weight excluding hydrogens is 250 g/mol. The second-order valence-corrected chi connectivity index (χ2v) is 5.08. The predicted octanol–water partition coefficient (Wildman–Crippen LogP) is 4.40. The fourth-order valence-corrected chi connectivity index (χ4v) is 2.32. The molecule has 0 atom stereocenters. The number of para-hydroxylation sites is 1. The summed E-state index contributed by atoms with van der Waals surface area (Å²) in [5.74, 6) is -0.203. The summed E-state index contributed by atoms with van der Waals surface area (Å²) in [6, 6.07) is 10.1. The number of rotatable bonds is 7. The molecule has 0 bridgehead atoms. The van der Waals surface area contributed by atoms with Gasteiger partial charge in [0.05, 0.1) is 6.61 Å². The minimum atomic E-state index is -0.203. The maximum Gasteiger partial charge on any atom is 0.354 e. The Morgan fingerprint density at radius 1 is 1.15 bits per heavy atom. The third-order valence-corrected chi connectivity index (χ3v) is 3.49. The van der Waals surface area contributed by atoms with Crippen LogP contribution in [0.2, 0.25) is 0 Å². The molecule has 3 nitrogen and oxygen atoms in total. The highest BCUT2D eigenvalue weighted by Gasteiger charge is 2.16. The van der Waals surface area contributed by atoms with Gasteiger partial charge in [-0.25, -0.2) is 4.79 Å². The molecule has 0 aliphatic carbocycles. The quantitative estimate of drug-likeness (QED) is 0.553. The van der Waals surface area contributed by atoms with Crippen molar-refractivity contribution in [3.05, 3.63) is 36.0 Å². The molecule has 0 N–H and O–H groups in total. The van der Waals surface area contributed by atoms with Gasteiger partial charge in [0.1, 0.15) is 5.69 Å². The van der Waals surface area contributed by atoms with Gasteiger partial charge < -0.3 is 9.30 Å². The molecule has 20 heavy (non-hydrogen) atoms. The van der Waals surface area contributed by atoms with E-state index in [-0.39, 0.29) is 5.97 Å². The minimum Gasteiger partial charge on any atom is -0.461 e. The van der Waals surface area contributed by atoms with Crippen LogP contribution in [-0.4, -0.2) is 17.1 Å². The molecule has 0 aliphatic rings. The van der Waals surface area contributed by atoms with E-state index in [2.05, 4.69) is 24.5 Å². The Morgan fingerprint density at radius 3 is 2.65 bits per heavy atom. The number of esters is 1. The van der Waals surface area contributed by atoms with E-state index in [0.29, 0.717) is 12.3 Å². The summed E-state index contributed by atoms with van der Waals surface area (Å²) in [4.78, 5) is 12.2. The summed E-state index contributed by atoms with van der Waals surface area (Å²) >= 11 is 0. The lowest BCUT2D eigenvalue weighted by Crippen LogP contribution is -2.13. The number of hydrogen-bond donors (Lipinski definition) is 0. The van der Waals surface area contributed by atoms with Crippen LogP contribution in [-0.2, 0) is 11.3 Å². The van der Waals surface area contributed by atoms with Crippen LogP contribution in [0.3, 0.4) is 0 Å². The van der Waals surface area contributed by atoms with Crippen LogP contribution in [0.15, 0.2) is 30.3 Å². The van der Waals surface area contributed by atoms with Gasteiger partial charge in [0.25, 0.3) is 0 Å². The number of nitrogens with zero attached hydrogens (tertiary/aromatic N) is 1. The molecule has 0 saturated heterocycles. The van der Waals surface area contributed by atoms with Crippen molar-refractivity contribution in [2.75, 3.05) is 6.61 Å². The van der Waals surface area contributed by atoms with Gasteiger partial charge in [0.15, 0.2) is 0 Å². The number of benzene rings is 1. The molecule has 0 saturated carbocycles. The lowest BCUT2D eigenvalue weighted by atomic mass is 10.2. The van der Waals surface area contributed by atoms with Crippen molar-refractivity contribution in [1.82, 2.24) is 4.57 Å². The largest absolute Gasteiger partial charge is 0.461 e. The third kappa shape index (κ3) is 3.21. The average Bonchev–Trinajstić information content (AvgIpc) is 2.84. The highest BCUT2D eigenvalue weighted by Crippen LogP contribution is 2.21. The zero-order chi connectivity index (χ0) is 14.4. The van der Waals surface area contributed by atoms with Gasteiger partial charge in [-0.15, -0.1) is 0 Å². The van der Waals surface area contributed by atoms with E-state index in [0.717, 1.165) is 43.1 Å². The lowest BCUT2D eigenvalue weighted by molar-refractivity contribution is 0.0487. The van der Waals surface area contributed by atoms with Gasteiger partial charge in [-0.3, -0.25) is 0 Å². The molecule has 108 valence electrons. The summed E-state index contributed by atoms with van der Waals surface area (Å²) in [6.07, 6.45) is 4.12. The normalized spacial score (nSPS) is 10.9. The molecule has 2 rings (SSSR count). The summed E-state index contributed by atoms with van der Waals surface area (Å²) in [7, 11) is 0. The van der Waals surface area contributed by atoms with Crippen LogP contribution in [0.1, 0.15) is 50.0 Å². The minimum absolute atomic E-state index is 0.203. The number of fused-ring (bicyclic) bond motifs is 1. The van der Waals surface area contributed by atoms with Crippen molar-refractivity contribution >= 4 is 16.9 Å². The zero-order valence-corrected chi connectivity index (χ0v) is 12.4. The lowest BCUT2D eigenvalue weighted by Gasteiger charge is -2.10. The van der Waals surface area contributed by atoms with E-state index in [1.165, 1.54) is 0 Å². The molecule has 0 spiro atoms. The third-order valence-electron chi connectivity index (χ3n) is 3.49. The maximum absolute atomic E-state index is 12.2. The fourth-order valence-electron chi connectivity index (χ4n) is 2.32. The van der Waals surface area contributed by atoms with Crippen LogP contribution in [0.5, 0.6) is 0 Å². The Bertz CT molecular complexity index is 571. The first-order chi connectivity index (χ1) is 9.77. The Hall–Kier alpha value is -1.77. The Labute approximate surface area is 120 Å². The number of carbonyl (C=O) groups is 1. The molecule has 1 aromatic heterocycles. The number of ether oxygens (including phenoxy) is 1. The number of unbranched alkanes of at least 4 members (excludes halogenated alkanes) is 2. The van der Waals surface area contributed by atoms with Crippen LogP contribution in [0.4, 0.5) is 0 Å². The Balaban J connectivity index is 2.28. The van der Waals surface area contributed by atoms with Crippen molar-refractivity contribution in [3.63, 3.8) is 0 Å². The summed E-state index contributed by atoms with van der Waals surface area (Å²) in [6.45, 7) is 5.61. The topological polar surface area (TPSA) is 31.2 Å². The second kappa shape index (κ2) is 7.13. The fraction of sp³-hybridized carbons (Fsp3) is 0.471. The molecule has 3 heteroatoms. The number of carbonyl (C=O) groups excluding carboxylic acids is 1. The standard InChI is InChI=1S/C17H23NO2/c1-3-5-11-18-15-10-8-7-9-14(15)13-16(18)17(19)20-12-6-4-2/h7-10,13H,3-6,11-12H2,1-2H3. The number of hydrogen-bond acceptors (Lipinski definition) is 2. The summed E-state index contributed by atoms with van der Waals surface area (Å²) in [5, 5.41) is 1.10. The molecule has 0 unspecified atom stereocenters. The van der Waals surface area contributed by atoms with E-state index in [1.807, 2.05) is 24.3 Å². The SMILES string of the molecule is CCCCOC(=O)c1cc2ccccc2n1CCCC.